The zero-order valence-electron chi connectivity index (χ0n) is 21.2. The van der Waals surface area contributed by atoms with E-state index in [-0.39, 0.29) is 32.0 Å². The van der Waals surface area contributed by atoms with Gasteiger partial charge in [0.25, 0.3) is 0 Å². The Morgan fingerprint density at radius 2 is 0.974 bits per heavy atom. The van der Waals surface area contributed by atoms with Gasteiger partial charge in [-0.3, -0.25) is 0 Å². The van der Waals surface area contributed by atoms with E-state index < -0.39 is 0 Å². The molecule has 4 aliphatic rings. The normalized spacial score (nSPS) is 22.9. The van der Waals surface area contributed by atoms with Gasteiger partial charge in [0, 0.05) is 0 Å². The van der Waals surface area contributed by atoms with Gasteiger partial charge in [0.15, 0.2) is 0 Å². The number of hydrogen-bond donors (Lipinski definition) is 0. The fourth-order valence-corrected chi connectivity index (χ4v) is 9.51. The van der Waals surface area contributed by atoms with Gasteiger partial charge in [-0.25, -0.2) is 0 Å². The second kappa shape index (κ2) is 7.80. The molecular weight excluding hydrogens is 583 g/mol. The molecule has 1 aliphatic heterocycles. The molecule has 184 valence electrons. The molecule has 2 unspecified atom stereocenters. The summed E-state index contributed by atoms with van der Waals surface area (Å²) in [4.78, 5) is 0. The number of fused-ring (bicyclic) bond motifs is 11. The summed E-state index contributed by atoms with van der Waals surface area (Å²) in [6.07, 6.45) is 4.88. The van der Waals surface area contributed by atoms with Crippen LogP contribution in [0.4, 0.5) is 0 Å². The van der Waals surface area contributed by atoms with E-state index in [1.807, 2.05) is 0 Å². The summed E-state index contributed by atoms with van der Waals surface area (Å²) in [6.45, 7) is 0. The molecule has 0 amide bonds. The number of allylic oxidation sites excluding steroid dienone is 4. The van der Waals surface area contributed by atoms with Gasteiger partial charge >= 0.3 is 240 Å². The Balaban J connectivity index is 1.55. The van der Waals surface area contributed by atoms with Crippen LogP contribution in [-0.2, 0) is 10.8 Å². The minimum absolute atomic E-state index is 0.0968. The van der Waals surface area contributed by atoms with Crippen molar-refractivity contribution in [1.82, 2.24) is 0 Å². The summed E-state index contributed by atoms with van der Waals surface area (Å²) in [7, 11) is 0. The molecule has 5 aromatic rings. The first-order chi connectivity index (χ1) is 19.4. The summed E-state index contributed by atoms with van der Waals surface area (Å²) < 4.78 is 4.87. The van der Waals surface area contributed by atoms with E-state index in [4.69, 9.17) is 0 Å². The predicted molar refractivity (Wildman–Crippen MR) is 155 cm³/mol. The Bertz CT molecular complexity index is 1940. The first-order valence-electron chi connectivity index (χ1n) is 13.6. The summed E-state index contributed by atoms with van der Waals surface area (Å²) in [5.41, 5.74) is 16.0. The van der Waals surface area contributed by atoms with Gasteiger partial charge in [0.1, 0.15) is 0 Å². The van der Waals surface area contributed by atoms with Gasteiger partial charge in [-0.15, -0.1) is 0 Å². The molecule has 0 fully saturated rings. The SMILES string of the molecule is C1=CC2=C(C=C[I-]1)C1(c3ccccc32)c2ccccc2C2(c3ccccc3)c3ccccc3-c3cccc1c32. The maximum atomic E-state index is 2.47. The fraction of sp³-hybridized carbons (Fsp3) is 0.0526. The van der Waals surface area contributed by atoms with Crippen LogP contribution in [0, 0.1) is 0 Å². The molecule has 0 saturated heterocycles. The van der Waals surface area contributed by atoms with Crippen molar-refractivity contribution in [3.8, 4) is 11.1 Å². The molecule has 0 aromatic heterocycles. The van der Waals surface area contributed by atoms with E-state index in [0.717, 1.165) is 0 Å². The van der Waals surface area contributed by atoms with Gasteiger partial charge in [-0.1, -0.05) is 0 Å². The molecule has 5 aromatic carbocycles. The van der Waals surface area contributed by atoms with Crippen LogP contribution in [0.25, 0.3) is 16.7 Å². The van der Waals surface area contributed by atoms with Crippen LogP contribution in [0.5, 0.6) is 0 Å². The maximum absolute atomic E-state index is 2.47. The molecule has 3 aliphatic carbocycles. The summed E-state index contributed by atoms with van der Waals surface area (Å²) >= 11 is -0.0968. The second-order valence-corrected chi connectivity index (χ2v) is 12.9. The number of halogens is 1. The minimum atomic E-state index is -0.360. The number of rotatable bonds is 1. The summed E-state index contributed by atoms with van der Waals surface area (Å²) in [5.74, 6) is 0. The van der Waals surface area contributed by atoms with Crippen molar-refractivity contribution in [3.63, 3.8) is 0 Å². The van der Waals surface area contributed by atoms with Crippen molar-refractivity contribution in [2.24, 2.45) is 0 Å². The zero-order valence-corrected chi connectivity index (χ0v) is 23.4. The molecule has 1 heterocycles. The Morgan fingerprint density at radius 1 is 0.410 bits per heavy atom. The Morgan fingerprint density at radius 3 is 1.77 bits per heavy atom. The van der Waals surface area contributed by atoms with Gasteiger partial charge in [-0.05, 0) is 0 Å². The Kier molecular flexibility index (Phi) is 4.39. The third-order valence-electron chi connectivity index (χ3n) is 9.33. The van der Waals surface area contributed by atoms with Gasteiger partial charge < -0.3 is 0 Å². The Hall–Kier alpha value is -3.95. The van der Waals surface area contributed by atoms with E-state index in [9.17, 15) is 0 Å². The third kappa shape index (κ3) is 2.47. The van der Waals surface area contributed by atoms with Crippen molar-refractivity contribution < 1.29 is 21.2 Å². The van der Waals surface area contributed by atoms with Crippen LogP contribution >= 0.6 is 0 Å². The van der Waals surface area contributed by atoms with Crippen LogP contribution in [0.1, 0.15) is 44.5 Å². The molecule has 1 spiro atoms. The van der Waals surface area contributed by atoms with E-state index >= 15 is 0 Å². The van der Waals surface area contributed by atoms with Crippen molar-refractivity contribution in [2.75, 3.05) is 0 Å². The van der Waals surface area contributed by atoms with Crippen LogP contribution in [0.3, 0.4) is 0 Å². The zero-order chi connectivity index (χ0) is 25.6. The van der Waals surface area contributed by atoms with Crippen molar-refractivity contribution in [2.45, 2.75) is 10.8 Å². The van der Waals surface area contributed by atoms with Gasteiger partial charge in [-0.2, -0.15) is 0 Å². The molecule has 0 radical (unpaired) electrons. The topological polar surface area (TPSA) is 0 Å². The standard InChI is InChI=1S/C38H24I/c1-2-11-25(12-3-1)37-30-16-6-5-14-27(30)29-15-10-20-35(36(29)37)38(34-19-9-8-18-33(34)37)31-17-7-4-13-26(31)28-21-23-39-24-22-32(28)38/h1-24H/q-1. The molecule has 2 atom stereocenters. The molecule has 39 heavy (non-hydrogen) atoms. The Labute approximate surface area is 239 Å². The fourth-order valence-electron chi connectivity index (χ4n) is 8.13. The number of hydrogen-bond acceptors (Lipinski definition) is 0. The van der Waals surface area contributed by atoms with E-state index in [1.54, 1.807) is 0 Å². The van der Waals surface area contributed by atoms with E-state index in [1.165, 1.54) is 66.8 Å². The molecule has 9 rings (SSSR count). The van der Waals surface area contributed by atoms with Gasteiger partial charge in [0.2, 0.25) is 0 Å². The van der Waals surface area contributed by atoms with Crippen molar-refractivity contribution >= 4 is 5.57 Å². The average Bonchev–Trinajstić information content (AvgIpc) is 3.31. The van der Waals surface area contributed by atoms with Crippen LogP contribution in [0.2, 0.25) is 0 Å². The van der Waals surface area contributed by atoms with Crippen LogP contribution in [-0.4, -0.2) is 0 Å². The molecule has 1 heteroatoms. The molecule has 0 saturated carbocycles. The average molecular weight is 608 g/mol. The summed E-state index contributed by atoms with van der Waals surface area (Å²) in [6, 6.07) is 45.9. The monoisotopic (exact) mass is 607 g/mol. The quantitative estimate of drug-likeness (QED) is 0.214. The van der Waals surface area contributed by atoms with Crippen LogP contribution < -0.4 is 21.2 Å². The summed E-state index contributed by atoms with van der Waals surface area (Å²) in [5, 5.41) is 0. The third-order valence-corrected chi connectivity index (χ3v) is 10.9. The van der Waals surface area contributed by atoms with E-state index in [2.05, 4.69) is 142 Å². The predicted octanol–water partition coefficient (Wildman–Crippen LogP) is 5.59. The number of benzene rings is 5. The molecule has 0 N–H and O–H groups in total. The first kappa shape index (κ1) is 21.9. The second-order valence-electron chi connectivity index (χ2n) is 10.8. The van der Waals surface area contributed by atoms with Gasteiger partial charge in [0.05, 0.1) is 0 Å². The van der Waals surface area contributed by atoms with Crippen molar-refractivity contribution in [3.05, 3.63) is 192 Å². The molecule has 0 bridgehead atoms. The van der Waals surface area contributed by atoms with Crippen LogP contribution in [0.15, 0.2) is 147 Å². The molecule has 0 nitrogen and oxygen atoms in total. The molecular formula is C38H24I-. The first-order valence-corrected chi connectivity index (χ1v) is 16.1. The van der Waals surface area contributed by atoms with Crippen molar-refractivity contribution in [1.29, 1.82) is 0 Å². The van der Waals surface area contributed by atoms with E-state index in [0.29, 0.717) is 0 Å².